The van der Waals surface area contributed by atoms with Crippen LogP contribution in [0.25, 0.3) is 0 Å². The van der Waals surface area contributed by atoms with E-state index in [0.717, 1.165) is 6.54 Å². The highest BCUT2D eigenvalue weighted by molar-refractivity contribution is 5.95. The zero-order valence-corrected chi connectivity index (χ0v) is 8.15. The maximum atomic E-state index is 11.5. The van der Waals surface area contributed by atoms with Crippen LogP contribution in [0.2, 0.25) is 0 Å². The van der Waals surface area contributed by atoms with E-state index >= 15 is 0 Å². The molecule has 0 saturated heterocycles. The number of rotatable bonds is 2. The van der Waals surface area contributed by atoms with Crippen LogP contribution in [0.15, 0.2) is 23.9 Å². The minimum absolute atomic E-state index is 0.119. The van der Waals surface area contributed by atoms with Crippen LogP contribution in [-0.4, -0.2) is 43.6 Å². The van der Waals surface area contributed by atoms with Crippen LogP contribution in [0, 0.1) is 0 Å². The fourth-order valence-corrected chi connectivity index (χ4v) is 1.00. The van der Waals surface area contributed by atoms with Crippen molar-refractivity contribution in [2.75, 3.05) is 27.7 Å². The van der Waals surface area contributed by atoms with Gasteiger partial charge in [-0.3, -0.25) is 9.63 Å². The normalized spacial score (nSPS) is 15.6. The van der Waals surface area contributed by atoms with Crippen LogP contribution in [-0.2, 0) is 9.63 Å². The quantitative estimate of drug-likeness (QED) is 0.579. The molecule has 1 aliphatic rings. The van der Waals surface area contributed by atoms with E-state index in [4.69, 9.17) is 4.84 Å². The van der Waals surface area contributed by atoms with Crippen molar-refractivity contribution in [3.05, 3.63) is 23.9 Å². The van der Waals surface area contributed by atoms with Gasteiger partial charge in [0.1, 0.15) is 0 Å². The van der Waals surface area contributed by atoms with Crippen molar-refractivity contribution in [2.45, 2.75) is 0 Å². The molecule has 1 amide bonds. The Bertz CT molecular complexity index is 258. The van der Waals surface area contributed by atoms with Crippen molar-refractivity contribution in [1.29, 1.82) is 0 Å². The second kappa shape index (κ2) is 4.09. The van der Waals surface area contributed by atoms with Gasteiger partial charge < -0.3 is 4.90 Å². The summed E-state index contributed by atoms with van der Waals surface area (Å²) in [6.07, 6.45) is 5.52. The fraction of sp³-hybridized carbons (Fsp3) is 0.444. The maximum absolute atomic E-state index is 11.5. The minimum Gasteiger partial charge on any atom is -0.377 e. The third kappa shape index (κ3) is 2.32. The summed E-state index contributed by atoms with van der Waals surface area (Å²) >= 11 is 0. The van der Waals surface area contributed by atoms with Crippen LogP contribution < -0.4 is 0 Å². The maximum Gasteiger partial charge on any atom is 0.276 e. The lowest BCUT2D eigenvalue weighted by Gasteiger charge is -2.19. The van der Waals surface area contributed by atoms with Crippen molar-refractivity contribution < 1.29 is 9.63 Å². The highest BCUT2D eigenvalue weighted by Crippen LogP contribution is 2.08. The lowest BCUT2D eigenvalue weighted by Crippen LogP contribution is -2.28. The van der Waals surface area contributed by atoms with E-state index in [1.165, 1.54) is 12.2 Å². The molecular weight excluding hydrogens is 168 g/mol. The van der Waals surface area contributed by atoms with Crippen molar-refractivity contribution in [2.24, 2.45) is 0 Å². The molecule has 0 fully saturated rings. The molecule has 72 valence electrons. The molecule has 0 atom stereocenters. The van der Waals surface area contributed by atoms with E-state index in [1.54, 1.807) is 13.1 Å². The van der Waals surface area contributed by atoms with Crippen molar-refractivity contribution in [1.82, 2.24) is 9.96 Å². The zero-order valence-electron chi connectivity index (χ0n) is 8.15. The highest BCUT2D eigenvalue weighted by atomic mass is 16.7. The summed E-state index contributed by atoms with van der Waals surface area (Å²) in [7, 11) is 5.01. The number of likely N-dealkylation sites (N-methyl/N-ethyl adjacent to an activating group) is 2. The molecule has 0 aliphatic carbocycles. The molecule has 0 radical (unpaired) electrons. The molecule has 0 aromatic carbocycles. The molecule has 0 unspecified atom stereocenters. The van der Waals surface area contributed by atoms with E-state index in [2.05, 4.69) is 0 Å². The van der Waals surface area contributed by atoms with Gasteiger partial charge in [-0.25, -0.2) is 5.06 Å². The predicted octanol–water partition coefficient (Wildman–Crippen LogP) is 0.392. The Kier molecular flexibility index (Phi) is 3.08. The van der Waals surface area contributed by atoms with Gasteiger partial charge in [-0.15, -0.1) is 0 Å². The molecule has 13 heavy (non-hydrogen) atoms. The molecule has 0 spiro atoms. The van der Waals surface area contributed by atoms with Gasteiger partial charge in [-0.05, 0) is 12.3 Å². The monoisotopic (exact) mass is 182 g/mol. The van der Waals surface area contributed by atoms with E-state index < -0.39 is 0 Å². The average Bonchev–Trinajstić information content (AvgIpc) is 2.17. The topological polar surface area (TPSA) is 32.8 Å². The second-order valence-electron chi connectivity index (χ2n) is 2.90. The number of hydrogen-bond donors (Lipinski definition) is 0. The van der Waals surface area contributed by atoms with Gasteiger partial charge in [-0.1, -0.05) is 6.08 Å². The molecule has 1 rings (SSSR count). The number of nitrogens with zero attached hydrogens (tertiary/aromatic N) is 2. The molecule has 0 bridgehead atoms. The van der Waals surface area contributed by atoms with E-state index in [1.807, 2.05) is 24.2 Å². The predicted molar refractivity (Wildman–Crippen MR) is 49.6 cm³/mol. The van der Waals surface area contributed by atoms with Crippen molar-refractivity contribution >= 4 is 5.91 Å². The third-order valence-corrected chi connectivity index (χ3v) is 1.91. The summed E-state index contributed by atoms with van der Waals surface area (Å²) in [6.45, 7) is 0.759. The molecule has 0 N–H and O–H groups in total. The van der Waals surface area contributed by atoms with Crippen LogP contribution in [0.4, 0.5) is 0 Å². The van der Waals surface area contributed by atoms with Crippen LogP contribution >= 0.6 is 0 Å². The summed E-state index contributed by atoms with van der Waals surface area (Å²) in [5, 5.41) is 1.21. The highest BCUT2D eigenvalue weighted by Gasteiger charge is 2.13. The third-order valence-electron chi connectivity index (χ3n) is 1.91. The Morgan fingerprint density at radius 3 is 2.85 bits per heavy atom. The average molecular weight is 182 g/mol. The second-order valence-corrected chi connectivity index (χ2v) is 2.90. The lowest BCUT2D eigenvalue weighted by molar-refractivity contribution is -0.163. The summed E-state index contributed by atoms with van der Waals surface area (Å²) in [4.78, 5) is 18.3. The molecule has 0 saturated carbocycles. The number of carbonyl (C=O) groups is 1. The Hall–Kier alpha value is -1.29. The summed E-state index contributed by atoms with van der Waals surface area (Å²) in [5.41, 5.74) is 0.669. The van der Waals surface area contributed by atoms with E-state index in [-0.39, 0.29) is 5.91 Å². The van der Waals surface area contributed by atoms with Gasteiger partial charge in [0, 0.05) is 26.2 Å². The fourth-order valence-electron chi connectivity index (χ4n) is 1.00. The lowest BCUT2D eigenvalue weighted by atomic mass is 10.2. The SMILES string of the molecule is CON(C)C(=O)C1=CCN(C)C=C1. The number of hydrogen-bond acceptors (Lipinski definition) is 3. The Morgan fingerprint density at radius 2 is 2.38 bits per heavy atom. The first-order valence-corrected chi connectivity index (χ1v) is 4.06. The molecule has 0 aromatic rings. The molecule has 1 heterocycles. The summed E-state index contributed by atoms with van der Waals surface area (Å²) < 4.78 is 0. The van der Waals surface area contributed by atoms with Gasteiger partial charge in [0.15, 0.2) is 0 Å². The molecule has 4 nitrogen and oxygen atoms in total. The number of carbonyl (C=O) groups excluding carboxylic acids is 1. The molecule has 4 heteroatoms. The Balaban J connectivity index is 2.64. The largest absolute Gasteiger partial charge is 0.377 e. The van der Waals surface area contributed by atoms with Crippen molar-refractivity contribution in [3.8, 4) is 0 Å². The Morgan fingerprint density at radius 1 is 1.69 bits per heavy atom. The van der Waals surface area contributed by atoms with Crippen LogP contribution in [0.5, 0.6) is 0 Å². The first-order chi connectivity index (χ1) is 6.15. The first-order valence-electron chi connectivity index (χ1n) is 4.06. The van der Waals surface area contributed by atoms with E-state index in [0.29, 0.717) is 5.57 Å². The first kappa shape index (κ1) is 9.80. The zero-order chi connectivity index (χ0) is 9.84. The van der Waals surface area contributed by atoms with Crippen molar-refractivity contribution in [3.63, 3.8) is 0 Å². The van der Waals surface area contributed by atoms with Gasteiger partial charge >= 0.3 is 0 Å². The van der Waals surface area contributed by atoms with Gasteiger partial charge in [0.25, 0.3) is 5.91 Å². The number of amides is 1. The summed E-state index contributed by atoms with van der Waals surface area (Å²) in [6, 6.07) is 0. The van der Waals surface area contributed by atoms with Crippen LogP contribution in [0.1, 0.15) is 0 Å². The molecule has 1 aliphatic heterocycles. The summed E-state index contributed by atoms with van der Waals surface area (Å²) in [5.74, 6) is -0.119. The standard InChI is InChI=1S/C9H14N2O2/c1-10-6-4-8(5-7-10)9(12)11(2)13-3/h4-6H,7H2,1-3H3. The van der Waals surface area contributed by atoms with Gasteiger partial charge in [0.05, 0.1) is 7.11 Å². The van der Waals surface area contributed by atoms with Gasteiger partial charge in [-0.2, -0.15) is 0 Å². The van der Waals surface area contributed by atoms with Crippen LogP contribution in [0.3, 0.4) is 0 Å². The molecule has 0 aromatic heterocycles. The minimum atomic E-state index is -0.119. The van der Waals surface area contributed by atoms with Gasteiger partial charge in [0.2, 0.25) is 0 Å². The Labute approximate surface area is 78.0 Å². The van der Waals surface area contributed by atoms with E-state index in [9.17, 15) is 4.79 Å². The number of hydroxylamine groups is 2. The molecular formula is C9H14N2O2. The smallest absolute Gasteiger partial charge is 0.276 e.